The average Bonchev–Trinajstić information content (AvgIpc) is 2.34. The molecule has 2 aromatic rings. The van der Waals surface area contributed by atoms with Crippen LogP contribution in [0.3, 0.4) is 0 Å². The largest absolute Gasteiger partial charge is 0.338 e. The summed E-state index contributed by atoms with van der Waals surface area (Å²) in [6, 6.07) is 9.70. The highest BCUT2D eigenvalue weighted by Gasteiger charge is 2.04. The Morgan fingerprint density at radius 3 is 2.88 bits per heavy atom. The molecule has 1 aromatic carbocycles. The number of halogens is 2. The Bertz CT molecular complexity index is 593. The van der Waals surface area contributed by atoms with E-state index in [4.69, 9.17) is 5.26 Å². The predicted octanol–water partition coefficient (Wildman–Crippen LogP) is 3.60. The van der Waals surface area contributed by atoms with Gasteiger partial charge >= 0.3 is 0 Å². The lowest BCUT2D eigenvalue weighted by Gasteiger charge is -2.07. The fourth-order valence-electron chi connectivity index (χ4n) is 1.30. The molecule has 84 valence electrons. The number of hydrogen-bond donors (Lipinski definition) is 1. The Kier molecular flexibility index (Phi) is 3.35. The van der Waals surface area contributed by atoms with Gasteiger partial charge in [-0.2, -0.15) is 5.26 Å². The van der Waals surface area contributed by atoms with Crippen molar-refractivity contribution in [2.75, 3.05) is 5.32 Å². The van der Waals surface area contributed by atoms with E-state index in [9.17, 15) is 4.39 Å². The molecule has 1 heterocycles. The minimum absolute atomic E-state index is 0.307. The highest BCUT2D eigenvalue weighted by molar-refractivity contribution is 9.10. The third kappa shape index (κ3) is 2.80. The minimum atomic E-state index is -0.377. The molecule has 17 heavy (non-hydrogen) atoms. The second-order valence-electron chi connectivity index (χ2n) is 3.29. The van der Waals surface area contributed by atoms with E-state index in [1.54, 1.807) is 24.3 Å². The third-order valence-corrected chi connectivity index (χ3v) is 2.57. The summed E-state index contributed by atoms with van der Waals surface area (Å²) in [7, 11) is 0. The molecule has 0 saturated carbocycles. The number of anilines is 2. The van der Waals surface area contributed by atoms with Gasteiger partial charge in [-0.3, -0.25) is 0 Å². The first-order chi connectivity index (χ1) is 8.19. The molecule has 0 radical (unpaired) electrons. The molecule has 2 rings (SSSR count). The Morgan fingerprint density at radius 1 is 1.29 bits per heavy atom. The molecular weight excluding hydrogens is 285 g/mol. The van der Waals surface area contributed by atoms with Gasteiger partial charge < -0.3 is 5.32 Å². The van der Waals surface area contributed by atoms with Crippen LogP contribution in [0.5, 0.6) is 0 Å². The van der Waals surface area contributed by atoms with Crippen LogP contribution in [-0.2, 0) is 0 Å². The molecule has 0 aliphatic carbocycles. The van der Waals surface area contributed by atoms with Crippen molar-refractivity contribution in [1.82, 2.24) is 4.98 Å². The Balaban J connectivity index is 2.31. The highest BCUT2D eigenvalue weighted by atomic mass is 79.9. The van der Waals surface area contributed by atoms with Gasteiger partial charge in [0.1, 0.15) is 11.6 Å². The van der Waals surface area contributed by atoms with E-state index in [0.717, 1.165) is 4.47 Å². The standard InChI is InChI=1S/C12H7BrFN3/c13-9-1-2-10(14)11(6-9)17-12-5-8(7-15)3-4-16-12/h1-6H,(H,16,17). The summed E-state index contributed by atoms with van der Waals surface area (Å²) in [6.45, 7) is 0. The Morgan fingerprint density at radius 2 is 2.12 bits per heavy atom. The van der Waals surface area contributed by atoms with Crippen LogP contribution in [0.25, 0.3) is 0 Å². The van der Waals surface area contributed by atoms with Crippen LogP contribution in [0.2, 0.25) is 0 Å². The van der Waals surface area contributed by atoms with Crippen LogP contribution in [-0.4, -0.2) is 4.98 Å². The van der Waals surface area contributed by atoms with Gasteiger partial charge in [0, 0.05) is 10.7 Å². The van der Waals surface area contributed by atoms with Gasteiger partial charge in [0.25, 0.3) is 0 Å². The van der Waals surface area contributed by atoms with Gasteiger partial charge in [-0.25, -0.2) is 9.37 Å². The van der Waals surface area contributed by atoms with Crippen molar-refractivity contribution < 1.29 is 4.39 Å². The molecular formula is C12H7BrFN3. The van der Waals surface area contributed by atoms with Gasteiger partial charge in [0.2, 0.25) is 0 Å². The van der Waals surface area contributed by atoms with E-state index >= 15 is 0 Å². The molecule has 3 nitrogen and oxygen atoms in total. The molecule has 0 fully saturated rings. The number of nitrogens with zero attached hydrogens (tertiary/aromatic N) is 2. The summed E-state index contributed by atoms with van der Waals surface area (Å²) >= 11 is 3.26. The number of nitrogens with one attached hydrogen (secondary N) is 1. The molecule has 1 aromatic heterocycles. The molecule has 0 aliphatic heterocycles. The average molecular weight is 292 g/mol. The third-order valence-electron chi connectivity index (χ3n) is 2.08. The van der Waals surface area contributed by atoms with Crippen LogP contribution >= 0.6 is 15.9 Å². The van der Waals surface area contributed by atoms with Crippen LogP contribution in [0.15, 0.2) is 41.0 Å². The van der Waals surface area contributed by atoms with Crippen LogP contribution in [0, 0.1) is 17.1 Å². The molecule has 0 unspecified atom stereocenters. The molecule has 1 N–H and O–H groups in total. The Labute approximate surface area is 106 Å². The summed E-state index contributed by atoms with van der Waals surface area (Å²) in [4.78, 5) is 4.01. The maximum absolute atomic E-state index is 13.5. The zero-order valence-corrected chi connectivity index (χ0v) is 10.2. The SMILES string of the molecule is N#Cc1ccnc(Nc2cc(Br)ccc2F)c1. The van der Waals surface area contributed by atoms with Gasteiger partial charge in [0.15, 0.2) is 0 Å². The summed E-state index contributed by atoms with van der Waals surface area (Å²) in [5, 5.41) is 11.6. The van der Waals surface area contributed by atoms with Crippen molar-refractivity contribution >= 4 is 27.4 Å². The van der Waals surface area contributed by atoms with Crippen molar-refractivity contribution in [2.24, 2.45) is 0 Å². The zero-order chi connectivity index (χ0) is 12.3. The molecule has 0 amide bonds. The molecule has 0 atom stereocenters. The first-order valence-electron chi connectivity index (χ1n) is 4.77. The van der Waals surface area contributed by atoms with E-state index in [1.807, 2.05) is 6.07 Å². The van der Waals surface area contributed by atoms with E-state index in [0.29, 0.717) is 17.1 Å². The molecule has 5 heteroatoms. The van der Waals surface area contributed by atoms with Crippen molar-refractivity contribution in [3.05, 3.63) is 52.4 Å². The van der Waals surface area contributed by atoms with Crippen LogP contribution in [0.1, 0.15) is 5.56 Å². The monoisotopic (exact) mass is 291 g/mol. The fraction of sp³-hybridized carbons (Fsp3) is 0. The predicted molar refractivity (Wildman–Crippen MR) is 66.3 cm³/mol. The number of benzene rings is 1. The number of rotatable bonds is 2. The quantitative estimate of drug-likeness (QED) is 0.920. The summed E-state index contributed by atoms with van der Waals surface area (Å²) in [5.74, 6) is 0.0541. The highest BCUT2D eigenvalue weighted by Crippen LogP contribution is 2.23. The maximum Gasteiger partial charge on any atom is 0.146 e. The normalized spacial score (nSPS) is 9.71. The summed E-state index contributed by atoms with van der Waals surface area (Å²) in [6.07, 6.45) is 1.50. The van der Waals surface area contributed by atoms with Crippen LogP contribution in [0.4, 0.5) is 15.9 Å². The molecule has 0 bridgehead atoms. The summed E-state index contributed by atoms with van der Waals surface area (Å²) in [5.41, 5.74) is 0.778. The zero-order valence-electron chi connectivity index (χ0n) is 8.61. The Hall–Kier alpha value is -1.93. The van der Waals surface area contributed by atoms with E-state index in [-0.39, 0.29) is 5.82 Å². The van der Waals surface area contributed by atoms with Crippen molar-refractivity contribution in [3.8, 4) is 6.07 Å². The van der Waals surface area contributed by atoms with Crippen molar-refractivity contribution in [2.45, 2.75) is 0 Å². The minimum Gasteiger partial charge on any atom is -0.338 e. The van der Waals surface area contributed by atoms with Crippen LogP contribution < -0.4 is 5.32 Å². The van der Waals surface area contributed by atoms with E-state index < -0.39 is 0 Å². The van der Waals surface area contributed by atoms with E-state index in [2.05, 4.69) is 26.2 Å². The van der Waals surface area contributed by atoms with Gasteiger partial charge in [-0.15, -0.1) is 0 Å². The molecule has 0 saturated heterocycles. The molecule has 0 spiro atoms. The second-order valence-corrected chi connectivity index (χ2v) is 4.21. The summed E-state index contributed by atoms with van der Waals surface area (Å²) < 4.78 is 14.2. The topological polar surface area (TPSA) is 48.7 Å². The lowest BCUT2D eigenvalue weighted by Crippen LogP contribution is -1.96. The van der Waals surface area contributed by atoms with Gasteiger partial charge in [-0.05, 0) is 30.3 Å². The first-order valence-corrected chi connectivity index (χ1v) is 5.56. The second kappa shape index (κ2) is 4.93. The number of pyridine rings is 1. The van der Waals surface area contributed by atoms with Crippen molar-refractivity contribution in [1.29, 1.82) is 5.26 Å². The maximum atomic E-state index is 13.5. The van der Waals surface area contributed by atoms with E-state index in [1.165, 1.54) is 12.3 Å². The lowest BCUT2D eigenvalue weighted by atomic mass is 10.2. The first kappa shape index (κ1) is 11.6. The van der Waals surface area contributed by atoms with Crippen molar-refractivity contribution in [3.63, 3.8) is 0 Å². The van der Waals surface area contributed by atoms with Gasteiger partial charge in [0.05, 0.1) is 17.3 Å². The smallest absolute Gasteiger partial charge is 0.146 e. The van der Waals surface area contributed by atoms with Gasteiger partial charge in [-0.1, -0.05) is 15.9 Å². The number of nitriles is 1. The number of hydrogen-bond acceptors (Lipinski definition) is 3. The fourth-order valence-corrected chi connectivity index (χ4v) is 1.66. The molecule has 0 aliphatic rings. The number of aromatic nitrogens is 1. The lowest BCUT2D eigenvalue weighted by molar-refractivity contribution is 0.631.